The molecule has 4 rings (SSSR count). The molecule has 2 aliphatic heterocycles. The summed E-state index contributed by atoms with van der Waals surface area (Å²) in [5.41, 5.74) is 1.38. The first-order chi connectivity index (χ1) is 14.1. The van der Waals surface area contributed by atoms with Gasteiger partial charge in [-0.2, -0.15) is 0 Å². The molecule has 0 spiro atoms. The van der Waals surface area contributed by atoms with Crippen LogP contribution in [0.4, 0.5) is 16.2 Å². The molecule has 2 aliphatic rings. The van der Waals surface area contributed by atoms with Crippen LogP contribution in [0.2, 0.25) is 0 Å². The van der Waals surface area contributed by atoms with Crippen molar-refractivity contribution in [1.82, 2.24) is 5.32 Å². The highest BCUT2D eigenvalue weighted by molar-refractivity contribution is 5.97. The van der Waals surface area contributed by atoms with E-state index in [1.807, 2.05) is 31.2 Å². The van der Waals surface area contributed by atoms with E-state index in [0.29, 0.717) is 43.6 Å². The molecular formula is C21H23N3O5. The molecule has 29 heavy (non-hydrogen) atoms. The van der Waals surface area contributed by atoms with Gasteiger partial charge in [-0.05, 0) is 43.3 Å². The maximum atomic E-state index is 12.4. The van der Waals surface area contributed by atoms with Crippen LogP contribution in [0.3, 0.4) is 0 Å². The molecule has 0 aromatic heterocycles. The minimum atomic E-state index is -0.368. The molecule has 2 heterocycles. The number of amides is 3. The number of carbonyl (C=O) groups is 2. The van der Waals surface area contributed by atoms with E-state index in [1.165, 1.54) is 0 Å². The number of rotatable bonds is 5. The van der Waals surface area contributed by atoms with Crippen LogP contribution in [0.25, 0.3) is 0 Å². The number of anilines is 2. The zero-order valence-electron chi connectivity index (χ0n) is 16.1. The summed E-state index contributed by atoms with van der Waals surface area (Å²) >= 11 is 0. The number of urea groups is 1. The van der Waals surface area contributed by atoms with Crippen molar-refractivity contribution in [2.45, 2.75) is 19.4 Å². The molecule has 0 saturated carbocycles. The maximum absolute atomic E-state index is 12.4. The molecule has 1 saturated heterocycles. The standard InChI is InChI=1S/C21H23N3O5/c1-2-27-17-6-4-16(5-7-17)24-13-15(12-20(24)25)23-21(26)22-14-3-8-18-19(11-14)29-10-9-28-18/h3-8,11,15H,2,9-10,12-13H2,1H3,(H2,22,23,26)/t15-/m0/s1. The zero-order chi connectivity index (χ0) is 20.2. The molecule has 2 aromatic carbocycles. The van der Waals surface area contributed by atoms with E-state index in [9.17, 15) is 9.59 Å². The fourth-order valence-corrected chi connectivity index (χ4v) is 3.42. The van der Waals surface area contributed by atoms with E-state index in [1.54, 1.807) is 23.1 Å². The molecule has 0 radical (unpaired) electrons. The van der Waals surface area contributed by atoms with Gasteiger partial charge in [-0.1, -0.05) is 0 Å². The summed E-state index contributed by atoms with van der Waals surface area (Å²) in [5, 5.41) is 5.64. The Bertz CT molecular complexity index is 900. The average molecular weight is 397 g/mol. The van der Waals surface area contributed by atoms with Gasteiger partial charge < -0.3 is 29.7 Å². The molecule has 0 unspecified atom stereocenters. The highest BCUT2D eigenvalue weighted by Crippen LogP contribution is 2.32. The summed E-state index contributed by atoms with van der Waals surface area (Å²) in [6.45, 7) is 3.92. The number of fused-ring (bicyclic) bond motifs is 1. The van der Waals surface area contributed by atoms with Gasteiger partial charge in [-0.25, -0.2) is 4.79 Å². The van der Waals surface area contributed by atoms with Gasteiger partial charge in [0.2, 0.25) is 5.91 Å². The highest BCUT2D eigenvalue weighted by atomic mass is 16.6. The average Bonchev–Trinajstić information content (AvgIpc) is 3.08. The topological polar surface area (TPSA) is 89.1 Å². The third-order valence-corrected chi connectivity index (χ3v) is 4.72. The first-order valence-electron chi connectivity index (χ1n) is 9.63. The van der Waals surface area contributed by atoms with Crippen LogP contribution in [0.5, 0.6) is 17.2 Å². The molecule has 8 heteroatoms. The molecule has 1 atom stereocenters. The summed E-state index contributed by atoms with van der Waals surface area (Å²) in [7, 11) is 0. The minimum Gasteiger partial charge on any atom is -0.494 e. The quantitative estimate of drug-likeness (QED) is 0.810. The van der Waals surface area contributed by atoms with Gasteiger partial charge in [0.25, 0.3) is 0 Å². The fraction of sp³-hybridized carbons (Fsp3) is 0.333. The van der Waals surface area contributed by atoms with Crippen molar-refractivity contribution in [2.75, 3.05) is 36.6 Å². The van der Waals surface area contributed by atoms with Crippen molar-refractivity contribution < 1.29 is 23.8 Å². The molecule has 3 amide bonds. The largest absolute Gasteiger partial charge is 0.494 e. The van der Waals surface area contributed by atoms with E-state index in [4.69, 9.17) is 14.2 Å². The molecule has 2 aromatic rings. The Kier molecular flexibility index (Phi) is 5.41. The van der Waals surface area contributed by atoms with Crippen LogP contribution in [0, 0.1) is 0 Å². The second-order valence-electron chi connectivity index (χ2n) is 6.79. The monoisotopic (exact) mass is 397 g/mol. The van der Waals surface area contributed by atoms with Crippen LogP contribution in [-0.2, 0) is 4.79 Å². The molecule has 152 valence electrons. The Morgan fingerprint density at radius 3 is 2.66 bits per heavy atom. The fourth-order valence-electron chi connectivity index (χ4n) is 3.42. The zero-order valence-corrected chi connectivity index (χ0v) is 16.1. The van der Waals surface area contributed by atoms with Crippen molar-refractivity contribution in [3.8, 4) is 17.2 Å². The maximum Gasteiger partial charge on any atom is 0.319 e. The Morgan fingerprint density at radius 1 is 1.14 bits per heavy atom. The molecule has 0 aliphatic carbocycles. The van der Waals surface area contributed by atoms with Crippen molar-refractivity contribution >= 4 is 23.3 Å². The summed E-state index contributed by atoms with van der Waals surface area (Å²) < 4.78 is 16.4. The van der Waals surface area contributed by atoms with Crippen LogP contribution < -0.4 is 29.7 Å². The lowest BCUT2D eigenvalue weighted by atomic mass is 10.2. The van der Waals surface area contributed by atoms with Gasteiger partial charge in [0.15, 0.2) is 11.5 Å². The van der Waals surface area contributed by atoms with Crippen molar-refractivity contribution in [2.24, 2.45) is 0 Å². The predicted molar refractivity (Wildman–Crippen MR) is 108 cm³/mol. The molecular weight excluding hydrogens is 374 g/mol. The van der Waals surface area contributed by atoms with Gasteiger partial charge in [-0.3, -0.25) is 4.79 Å². The van der Waals surface area contributed by atoms with Crippen molar-refractivity contribution in [3.63, 3.8) is 0 Å². The van der Waals surface area contributed by atoms with Crippen molar-refractivity contribution in [3.05, 3.63) is 42.5 Å². The Labute approximate surface area is 168 Å². The number of nitrogens with one attached hydrogen (secondary N) is 2. The number of hydrogen-bond donors (Lipinski definition) is 2. The Hall–Kier alpha value is -3.42. The first-order valence-corrected chi connectivity index (χ1v) is 9.63. The SMILES string of the molecule is CCOc1ccc(N2C[C@@H](NC(=O)Nc3ccc4c(c3)OCCO4)CC2=O)cc1. The summed E-state index contributed by atoms with van der Waals surface area (Å²) in [5.74, 6) is 2.00. The first kappa shape index (κ1) is 18.9. The van der Waals surface area contributed by atoms with E-state index >= 15 is 0 Å². The number of hydrogen-bond acceptors (Lipinski definition) is 5. The molecule has 2 N–H and O–H groups in total. The highest BCUT2D eigenvalue weighted by Gasteiger charge is 2.31. The lowest BCUT2D eigenvalue weighted by molar-refractivity contribution is -0.117. The van der Waals surface area contributed by atoms with Crippen LogP contribution in [0.1, 0.15) is 13.3 Å². The second-order valence-corrected chi connectivity index (χ2v) is 6.79. The van der Waals surface area contributed by atoms with Gasteiger partial charge in [-0.15, -0.1) is 0 Å². The van der Waals surface area contributed by atoms with Gasteiger partial charge in [0.05, 0.1) is 12.6 Å². The summed E-state index contributed by atoms with van der Waals surface area (Å²) in [4.78, 5) is 26.4. The molecule has 0 bridgehead atoms. The summed E-state index contributed by atoms with van der Waals surface area (Å²) in [6, 6.07) is 12.0. The predicted octanol–water partition coefficient (Wildman–Crippen LogP) is 2.78. The lowest BCUT2D eigenvalue weighted by Crippen LogP contribution is -2.39. The van der Waals surface area contributed by atoms with Gasteiger partial charge in [0.1, 0.15) is 19.0 Å². The number of nitrogens with zero attached hydrogens (tertiary/aromatic N) is 1. The van der Waals surface area contributed by atoms with E-state index < -0.39 is 0 Å². The van der Waals surface area contributed by atoms with Gasteiger partial charge >= 0.3 is 6.03 Å². The summed E-state index contributed by atoms with van der Waals surface area (Å²) in [6.07, 6.45) is 0.252. The smallest absolute Gasteiger partial charge is 0.319 e. The normalized spacial score (nSPS) is 17.8. The lowest BCUT2D eigenvalue weighted by Gasteiger charge is -2.20. The number of ether oxygens (including phenoxy) is 3. The van der Waals surface area contributed by atoms with E-state index in [-0.39, 0.29) is 24.4 Å². The van der Waals surface area contributed by atoms with Crippen LogP contribution in [-0.4, -0.2) is 44.3 Å². The van der Waals surface area contributed by atoms with Gasteiger partial charge in [0, 0.05) is 30.4 Å². The number of carbonyl (C=O) groups excluding carboxylic acids is 2. The molecule has 8 nitrogen and oxygen atoms in total. The van der Waals surface area contributed by atoms with E-state index in [2.05, 4.69) is 10.6 Å². The minimum absolute atomic E-state index is 0.0289. The van der Waals surface area contributed by atoms with E-state index in [0.717, 1.165) is 11.4 Å². The second kappa shape index (κ2) is 8.30. The number of benzene rings is 2. The van der Waals surface area contributed by atoms with Crippen LogP contribution >= 0.6 is 0 Å². The molecule has 1 fully saturated rings. The van der Waals surface area contributed by atoms with Crippen LogP contribution in [0.15, 0.2) is 42.5 Å². The third-order valence-electron chi connectivity index (χ3n) is 4.72. The third kappa shape index (κ3) is 4.37. The Morgan fingerprint density at radius 2 is 1.90 bits per heavy atom. The Balaban J connectivity index is 1.34. The van der Waals surface area contributed by atoms with Crippen molar-refractivity contribution in [1.29, 1.82) is 0 Å².